The summed E-state index contributed by atoms with van der Waals surface area (Å²) in [5.41, 5.74) is 7.61. The average molecular weight is 373 g/mol. The maximum atomic E-state index is 2.36. The zero-order chi connectivity index (χ0) is 19.6. The molecule has 0 fully saturated rings. The van der Waals surface area contributed by atoms with Crippen LogP contribution in [0.25, 0.3) is 33.1 Å². The van der Waals surface area contributed by atoms with Crippen molar-refractivity contribution in [3.05, 3.63) is 120 Å². The molecule has 29 heavy (non-hydrogen) atoms. The standard InChI is InChI=1S/C28H23N/c1-21(15-16-22-9-3-2-4-10-22)23-17-19-24(20-18-23)29-27-13-7-5-11-25(27)26-12-6-8-14-28(26)29/h2-15,17-20H,16H2,1H3/b21-15+. The number of hydrogen-bond acceptors (Lipinski definition) is 0. The normalized spacial score (nSPS) is 12.0. The molecule has 0 atom stereocenters. The second kappa shape index (κ2) is 7.44. The Kier molecular flexibility index (Phi) is 4.50. The lowest BCUT2D eigenvalue weighted by molar-refractivity contribution is 1.18. The Hall–Kier alpha value is -3.58. The maximum Gasteiger partial charge on any atom is 0.0541 e. The molecule has 0 aliphatic rings. The van der Waals surface area contributed by atoms with E-state index in [0.29, 0.717) is 0 Å². The molecule has 0 saturated carbocycles. The Morgan fingerprint density at radius 1 is 0.655 bits per heavy atom. The van der Waals surface area contributed by atoms with Crippen LogP contribution in [0.3, 0.4) is 0 Å². The second-order valence-electron chi connectivity index (χ2n) is 7.49. The zero-order valence-corrected chi connectivity index (χ0v) is 16.5. The molecule has 4 aromatic carbocycles. The Morgan fingerprint density at radius 3 is 1.83 bits per heavy atom. The molecule has 1 heteroatoms. The molecule has 140 valence electrons. The zero-order valence-electron chi connectivity index (χ0n) is 16.5. The van der Waals surface area contributed by atoms with Crippen molar-refractivity contribution >= 4 is 27.4 Å². The van der Waals surface area contributed by atoms with E-state index in [2.05, 4.69) is 121 Å². The molecule has 0 aliphatic carbocycles. The fraction of sp³-hybridized carbons (Fsp3) is 0.0714. The third-order valence-electron chi connectivity index (χ3n) is 5.65. The molecule has 0 aliphatic heterocycles. The number of hydrogen-bond donors (Lipinski definition) is 0. The van der Waals surface area contributed by atoms with Crippen molar-refractivity contribution in [1.29, 1.82) is 0 Å². The molecule has 1 heterocycles. The molecule has 0 amide bonds. The highest BCUT2D eigenvalue weighted by Gasteiger charge is 2.11. The van der Waals surface area contributed by atoms with E-state index in [9.17, 15) is 0 Å². The first-order valence-corrected chi connectivity index (χ1v) is 10.1. The smallest absolute Gasteiger partial charge is 0.0541 e. The molecular weight excluding hydrogens is 350 g/mol. The van der Waals surface area contributed by atoms with Gasteiger partial charge in [0.15, 0.2) is 0 Å². The Balaban J connectivity index is 1.52. The monoisotopic (exact) mass is 373 g/mol. The first-order valence-electron chi connectivity index (χ1n) is 10.1. The largest absolute Gasteiger partial charge is 0.309 e. The molecule has 5 rings (SSSR count). The summed E-state index contributed by atoms with van der Waals surface area (Å²) < 4.78 is 2.36. The molecule has 0 radical (unpaired) electrons. The van der Waals surface area contributed by atoms with Gasteiger partial charge in [-0.2, -0.15) is 0 Å². The molecule has 0 spiro atoms. The third-order valence-corrected chi connectivity index (χ3v) is 5.65. The van der Waals surface area contributed by atoms with E-state index in [-0.39, 0.29) is 0 Å². The number of allylic oxidation sites excluding steroid dienone is 2. The van der Waals surface area contributed by atoms with Gasteiger partial charge in [0.2, 0.25) is 0 Å². The van der Waals surface area contributed by atoms with Crippen LogP contribution in [0, 0.1) is 0 Å². The number of aromatic nitrogens is 1. The molecular formula is C28H23N. The minimum atomic E-state index is 0.960. The lowest BCUT2D eigenvalue weighted by atomic mass is 10.0. The summed E-state index contributed by atoms with van der Waals surface area (Å²) in [4.78, 5) is 0. The van der Waals surface area contributed by atoms with Crippen LogP contribution in [0.2, 0.25) is 0 Å². The molecule has 1 nitrogen and oxygen atoms in total. The van der Waals surface area contributed by atoms with Crippen LogP contribution in [-0.2, 0) is 6.42 Å². The fourth-order valence-electron chi connectivity index (χ4n) is 4.08. The van der Waals surface area contributed by atoms with Gasteiger partial charge in [0.25, 0.3) is 0 Å². The lowest BCUT2D eigenvalue weighted by Crippen LogP contribution is -1.94. The van der Waals surface area contributed by atoms with Gasteiger partial charge in [-0.1, -0.05) is 84.9 Å². The second-order valence-corrected chi connectivity index (χ2v) is 7.49. The van der Waals surface area contributed by atoms with Gasteiger partial charge in [-0.25, -0.2) is 0 Å². The summed E-state index contributed by atoms with van der Waals surface area (Å²) in [7, 11) is 0. The maximum absolute atomic E-state index is 2.36. The number of fused-ring (bicyclic) bond motifs is 3. The van der Waals surface area contributed by atoms with E-state index in [1.54, 1.807) is 0 Å². The highest BCUT2D eigenvalue weighted by atomic mass is 15.0. The van der Waals surface area contributed by atoms with Crippen molar-refractivity contribution in [2.45, 2.75) is 13.3 Å². The topological polar surface area (TPSA) is 4.93 Å². The first kappa shape index (κ1) is 17.5. The molecule has 5 aromatic rings. The summed E-state index contributed by atoms with van der Waals surface area (Å²) in [5.74, 6) is 0. The van der Waals surface area contributed by atoms with Crippen molar-refractivity contribution in [2.75, 3.05) is 0 Å². The molecule has 0 N–H and O–H groups in total. The van der Waals surface area contributed by atoms with Gasteiger partial charge >= 0.3 is 0 Å². The first-order chi connectivity index (χ1) is 14.3. The highest BCUT2D eigenvalue weighted by molar-refractivity contribution is 6.09. The van der Waals surface area contributed by atoms with Crippen LogP contribution >= 0.6 is 0 Å². The molecule has 0 bridgehead atoms. The summed E-state index contributed by atoms with van der Waals surface area (Å²) in [5, 5.41) is 2.59. The summed E-state index contributed by atoms with van der Waals surface area (Å²) >= 11 is 0. The van der Waals surface area contributed by atoms with Gasteiger partial charge in [0, 0.05) is 16.5 Å². The Labute approximate surface area is 171 Å². The fourth-order valence-corrected chi connectivity index (χ4v) is 4.08. The number of benzene rings is 4. The Bertz CT molecular complexity index is 1250. The number of nitrogens with zero attached hydrogens (tertiary/aromatic N) is 1. The molecule has 0 saturated heterocycles. The van der Waals surface area contributed by atoms with Crippen LogP contribution < -0.4 is 0 Å². The van der Waals surface area contributed by atoms with Crippen LogP contribution in [0.5, 0.6) is 0 Å². The summed E-state index contributed by atoms with van der Waals surface area (Å²) in [6, 6.07) is 36.8. The lowest BCUT2D eigenvalue weighted by Gasteiger charge is -2.09. The van der Waals surface area contributed by atoms with Crippen LogP contribution in [-0.4, -0.2) is 4.57 Å². The van der Waals surface area contributed by atoms with Crippen molar-refractivity contribution in [1.82, 2.24) is 4.57 Å². The van der Waals surface area contributed by atoms with E-state index < -0.39 is 0 Å². The minimum absolute atomic E-state index is 0.960. The van der Waals surface area contributed by atoms with Crippen LogP contribution in [0.1, 0.15) is 18.1 Å². The highest BCUT2D eigenvalue weighted by Crippen LogP contribution is 2.32. The molecule has 0 unspecified atom stereocenters. The third kappa shape index (κ3) is 3.25. The Morgan fingerprint density at radius 2 is 1.21 bits per heavy atom. The van der Waals surface area contributed by atoms with Crippen molar-refractivity contribution < 1.29 is 0 Å². The summed E-state index contributed by atoms with van der Waals surface area (Å²) in [6.07, 6.45) is 3.27. The predicted molar refractivity (Wildman–Crippen MR) is 125 cm³/mol. The van der Waals surface area contributed by atoms with Crippen molar-refractivity contribution in [3.8, 4) is 5.69 Å². The van der Waals surface area contributed by atoms with E-state index in [0.717, 1.165) is 6.42 Å². The quantitative estimate of drug-likeness (QED) is 0.309. The number of para-hydroxylation sites is 2. The number of rotatable bonds is 4. The van der Waals surface area contributed by atoms with Crippen molar-refractivity contribution in [2.24, 2.45) is 0 Å². The van der Waals surface area contributed by atoms with Gasteiger partial charge in [0.05, 0.1) is 11.0 Å². The van der Waals surface area contributed by atoms with Gasteiger partial charge in [-0.05, 0) is 54.3 Å². The van der Waals surface area contributed by atoms with Crippen molar-refractivity contribution in [3.63, 3.8) is 0 Å². The van der Waals surface area contributed by atoms with E-state index in [1.807, 2.05) is 0 Å². The van der Waals surface area contributed by atoms with Gasteiger partial charge in [0.1, 0.15) is 0 Å². The van der Waals surface area contributed by atoms with Gasteiger partial charge in [-0.3, -0.25) is 0 Å². The van der Waals surface area contributed by atoms with Crippen LogP contribution in [0.15, 0.2) is 109 Å². The average Bonchev–Trinajstić information content (AvgIpc) is 3.13. The van der Waals surface area contributed by atoms with Gasteiger partial charge < -0.3 is 4.57 Å². The van der Waals surface area contributed by atoms with E-state index in [4.69, 9.17) is 0 Å². The van der Waals surface area contributed by atoms with Crippen LogP contribution in [0.4, 0.5) is 0 Å². The summed E-state index contributed by atoms with van der Waals surface area (Å²) in [6.45, 7) is 2.19. The predicted octanol–water partition coefficient (Wildman–Crippen LogP) is 7.43. The van der Waals surface area contributed by atoms with E-state index in [1.165, 1.54) is 44.2 Å². The van der Waals surface area contributed by atoms with Gasteiger partial charge in [-0.15, -0.1) is 0 Å². The SMILES string of the molecule is C/C(=C\Cc1ccccc1)c1ccc(-n2c3ccccc3c3ccccc32)cc1. The van der Waals surface area contributed by atoms with E-state index >= 15 is 0 Å². The minimum Gasteiger partial charge on any atom is -0.309 e. The molecule has 1 aromatic heterocycles.